The van der Waals surface area contributed by atoms with Crippen LogP contribution in [0.3, 0.4) is 0 Å². The molecule has 2 aliphatic carbocycles. The summed E-state index contributed by atoms with van der Waals surface area (Å²) in [6.45, 7) is 4.45. The van der Waals surface area contributed by atoms with Crippen LogP contribution in [-0.2, 0) is 5.41 Å². The van der Waals surface area contributed by atoms with Gasteiger partial charge in [-0.05, 0) is 59.0 Å². The lowest BCUT2D eigenvalue weighted by atomic mass is 9.83. The number of pyridine rings is 1. The number of anilines is 3. The average Bonchev–Trinajstić information content (AvgIpc) is 3.74. The first-order chi connectivity index (χ1) is 20.4. The molecule has 3 aromatic heterocycles. The zero-order valence-corrected chi connectivity index (χ0v) is 24.6. The van der Waals surface area contributed by atoms with Gasteiger partial charge in [0.1, 0.15) is 5.00 Å². The van der Waals surface area contributed by atoms with Gasteiger partial charge in [0.25, 0.3) is 0 Å². The van der Waals surface area contributed by atoms with E-state index in [9.17, 15) is 9.59 Å². The number of carbonyl (C=O) groups is 2. The topological polar surface area (TPSA) is 50.3 Å². The Kier molecular flexibility index (Phi) is 5.48. The van der Waals surface area contributed by atoms with Crippen LogP contribution in [-0.4, -0.2) is 16.6 Å². The van der Waals surface area contributed by atoms with Gasteiger partial charge in [-0.25, -0.2) is 0 Å². The van der Waals surface area contributed by atoms with Crippen LogP contribution in [0.5, 0.6) is 0 Å². The van der Waals surface area contributed by atoms with E-state index in [2.05, 4.69) is 85.5 Å². The van der Waals surface area contributed by atoms with Crippen molar-refractivity contribution < 1.29 is 9.59 Å². The normalized spacial score (nSPS) is 14.7. The van der Waals surface area contributed by atoms with Gasteiger partial charge in [0.15, 0.2) is 11.6 Å². The number of ketones is 2. The predicted octanol–water partition coefficient (Wildman–Crippen LogP) is 9.60. The van der Waals surface area contributed by atoms with Crippen LogP contribution in [0.25, 0.3) is 26.7 Å². The first-order valence-corrected chi connectivity index (χ1v) is 15.4. The molecular weight excluding hydrogens is 557 g/mol. The number of aromatic nitrogens is 1. The van der Waals surface area contributed by atoms with Crippen molar-refractivity contribution in [1.82, 2.24) is 4.98 Å². The highest BCUT2D eigenvalue weighted by atomic mass is 32.1. The number of thiophene rings is 2. The lowest BCUT2D eigenvalue weighted by Gasteiger charge is -2.26. The summed E-state index contributed by atoms with van der Waals surface area (Å²) < 4.78 is 1.24. The number of rotatable bonds is 4. The van der Waals surface area contributed by atoms with Crippen molar-refractivity contribution in [3.8, 4) is 10.6 Å². The summed E-state index contributed by atoms with van der Waals surface area (Å²) in [4.78, 5) is 35.3. The molecule has 42 heavy (non-hydrogen) atoms. The van der Waals surface area contributed by atoms with E-state index in [1.165, 1.54) is 21.2 Å². The molecular formula is C36H24N2O2S2. The molecule has 3 heterocycles. The van der Waals surface area contributed by atoms with Gasteiger partial charge in [0, 0.05) is 31.8 Å². The zero-order chi connectivity index (χ0) is 28.6. The molecule has 3 aromatic carbocycles. The maximum atomic E-state index is 13.0. The Labute approximate surface area is 251 Å². The Hall–Kier alpha value is -4.65. The number of fused-ring (bicyclic) bond motifs is 5. The van der Waals surface area contributed by atoms with Crippen LogP contribution in [0.2, 0.25) is 0 Å². The van der Waals surface area contributed by atoms with Crippen molar-refractivity contribution >= 4 is 66.8 Å². The lowest BCUT2D eigenvalue weighted by molar-refractivity contribution is 0.0990. The molecule has 2 aliphatic rings. The minimum absolute atomic E-state index is 0.200. The number of Topliss-reactive ketones (excluding diaryl/α,β-unsaturated/α-hetero) is 2. The van der Waals surface area contributed by atoms with Crippen LogP contribution in [0.15, 0.2) is 109 Å². The third kappa shape index (κ3) is 3.69. The summed E-state index contributed by atoms with van der Waals surface area (Å²) in [5.41, 5.74) is 6.30. The maximum Gasteiger partial charge on any atom is 0.197 e. The minimum Gasteiger partial charge on any atom is -0.300 e. The molecule has 0 atom stereocenters. The molecule has 0 saturated carbocycles. The number of nitrogens with zero attached hydrogens (tertiary/aromatic N) is 2. The minimum atomic E-state index is -0.296. The molecule has 0 bridgehead atoms. The molecule has 0 N–H and O–H groups in total. The molecule has 0 spiro atoms. The SMILES string of the molecule is CC1(C)c2cc(N(c3ccccc3)c3cc4ccccc4s3)cnc2-c2sc(C=C3C(=O)c4ccccc4C3=O)cc21. The van der Waals surface area contributed by atoms with Crippen LogP contribution in [0, 0.1) is 0 Å². The van der Waals surface area contributed by atoms with Crippen molar-refractivity contribution in [1.29, 1.82) is 0 Å². The first-order valence-electron chi connectivity index (χ1n) is 13.8. The largest absolute Gasteiger partial charge is 0.300 e. The molecule has 6 heteroatoms. The van der Waals surface area contributed by atoms with Gasteiger partial charge in [-0.1, -0.05) is 74.5 Å². The summed E-state index contributed by atoms with van der Waals surface area (Å²) in [5.74, 6) is -0.400. The molecule has 4 nitrogen and oxygen atoms in total. The number of allylic oxidation sites excluding steroid dienone is 1. The van der Waals surface area contributed by atoms with E-state index in [0.29, 0.717) is 11.1 Å². The van der Waals surface area contributed by atoms with E-state index in [1.54, 1.807) is 53.0 Å². The highest BCUT2D eigenvalue weighted by Gasteiger charge is 2.40. The molecule has 202 valence electrons. The summed E-state index contributed by atoms with van der Waals surface area (Å²) in [6.07, 6.45) is 3.72. The fourth-order valence-corrected chi connectivity index (χ4v) is 8.48. The molecule has 0 radical (unpaired) electrons. The second-order valence-corrected chi connectivity index (χ2v) is 13.3. The fourth-order valence-electron chi connectivity index (χ4n) is 6.10. The van der Waals surface area contributed by atoms with Crippen LogP contribution >= 0.6 is 22.7 Å². The fraction of sp³-hybridized carbons (Fsp3) is 0.0833. The number of hydrogen-bond acceptors (Lipinski definition) is 6. The van der Waals surface area contributed by atoms with Crippen molar-refractivity contribution in [3.63, 3.8) is 0 Å². The van der Waals surface area contributed by atoms with Crippen molar-refractivity contribution in [2.75, 3.05) is 4.90 Å². The third-order valence-electron chi connectivity index (χ3n) is 8.28. The van der Waals surface area contributed by atoms with E-state index >= 15 is 0 Å². The summed E-state index contributed by atoms with van der Waals surface area (Å²) in [6, 6.07) is 32.6. The van der Waals surface area contributed by atoms with Gasteiger partial charge in [-0.2, -0.15) is 0 Å². The zero-order valence-electron chi connectivity index (χ0n) is 22.9. The summed E-state index contributed by atoms with van der Waals surface area (Å²) in [7, 11) is 0. The van der Waals surface area contributed by atoms with E-state index in [-0.39, 0.29) is 22.6 Å². The van der Waals surface area contributed by atoms with E-state index in [0.717, 1.165) is 31.8 Å². The molecule has 0 fully saturated rings. The van der Waals surface area contributed by atoms with E-state index < -0.39 is 0 Å². The van der Waals surface area contributed by atoms with Crippen molar-refractivity contribution in [2.45, 2.75) is 19.3 Å². The maximum absolute atomic E-state index is 13.0. The molecule has 0 unspecified atom stereocenters. The van der Waals surface area contributed by atoms with Gasteiger partial charge in [-0.15, -0.1) is 22.7 Å². The standard InChI is InChI=1S/C36H24N2O2S2/c1-36(2)28-17-23(38(22-11-4-3-5-12-22)31-16-21-10-6-9-15-30(21)42-31)20-37-32(28)35-29(36)19-24(41-35)18-27-33(39)25-13-7-8-14-26(25)34(27)40/h3-20H,1-2H3. The average molecular weight is 581 g/mol. The van der Waals surface area contributed by atoms with Crippen LogP contribution < -0.4 is 4.90 Å². The number of carbonyl (C=O) groups excluding carboxylic acids is 2. The Morgan fingerprint density at radius 2 is 1.43 bits per heavy atom. The summed E-state index contributed by atoms with van der Waals surface area (Å²) >= 11 is 3.36. The monoisotopic (exact) mass is 580 g/mol. The van der Waals surface area contributed by atoms with E-state index in [1.807, 2.05) is 12.3 Å². The van der Waals surface area contributed by atoms with Gasteiger partial charge in [0.2, 0.25) is 0 Å². The molecule has 0 amide bonds. The van der Waals surface area contributed by atoms with Crippen molar-refractivity contribution in [2.24, 2.45) is 0 Å². The number of hydrogen-bond donors (Lipinski definition) is 0. The number of benzene rings is 3. The Morgan fingerprint density at radius 1 is 0.738 bits per heavy atom. The quantitative estimate of drug-likeness (QED) is 0.154. The highest BCUT2D eigenvalue weighted by molar-refractivity contribution is 7.23. The predicted molar refractivity (Wildman–Crippen MR) is 173 cm³/mol. The Balaban J connectivity index is 1.21. The molecule has 6 aromatic rings. The van der Waals surface area contributed by atoms with Gasteiger partial charge >= 0.3 is 0 Å². The molecule has 8 rings (SSSR count). The molecule has 0 saturated heterocycles. The van der Waals surface area contributed by atoms with Crippen molar-refractivity contribution in [3.05, 3.63) is 136 Å². The lowest BCUT2D eigenvalue weighted by Crippen LogP contribution is -2.16. The number of para-hydroxylation sites is 1. The second-order valence-electron chi connectivity index (χ2n) is 11.2. The second kappa shape index (κ2) is 9.18. The van der Waals surface area contributed by atoms with Crippen LogP contribution in [0.1, 0.15) is 50.6 Å². The van der Waals surface area contributed by atoms with Gasteiger partial charge in [-0.3, -0.25) is 14.6 Å². The smallest absolute Gasteiger partial charge is 0.197 e. The third-order valence-corrected chi connectivity index (χ3v) is 10.5. The van der Waals surface area contributed by atoms with E-state index in [4.69, 9.17) is 4.98 Å². The molecule has 0 aliphatic heterocycles. The highest BCUT2D eigenvalue weighted by Crippen LogP contribution is 2.53. The van der Waals surface area contributed by atoms with Gasteiger partial charge < -0.3 is 4.90 Å². The first kappa shape index (κ1) is 25.1. The van der Waals surface area contributed by atoms with Crippen LogP contribution in [0.4, 0.5) is 16.4 Å². The summed E-state index contributed by atoms with van der Waals surface area (Å²) in [5, 5.41) is 2.36. The Morgan fingerprint density at radius 3 is 2.17 bits per heavy atom. The Bertz CT molecular complexity index is 2050. The van der Waals surface area contributed by atoms with Gasteiger partial charge in [0.05, 0.1) is 28.0 Å².